The van der Waals surface area contributed by atoms with E-state index in [1.807, 2.05) is 19.9 Å². The molecule has 120 valence electrons. The van der Waals surface area contributed by atoms with Crippen molar-refractivity contribution in [3.05, 3.63) is 23.3 Å². The summed E-state index contributed by atoms with van der Waals surface area (Å²) in [6.45, 7) is 6.52. The Balaban J connectivity index is 2.63. The van der Waals surface area contributed by atoms with Gasteiger partial charge in [0.25, 0.3) is 0 Å². The summed E-state index contributed by atoms with van der Waals surface area (Å²) in [7, 11) is 0. The van der Waals surface area contributed by atoms with Crippen molar-refractivity contribution in [1.82, 2.24) is 0 Å². The highest BCUT2D eigenvalue weighted by Crippen LogP contribution is 2.33. The first-order valence-corrected chi connectivity index (χ1v) is 8.25. The lowest BCUT2D eigenvalue weighted by atomic mass is 10.1. The maximum Gasteiger partial charge on any atom is 0.398 e. The molecule has 1 aromatic carbocycles. The molecule has 1 nitrogen and oxygen atoms in total. The van der Waals surface area contributed by atoms with Gasteiger partial charge in [-0.15, -0.1) is 11.8 Å². The Labute approximate surface area is 129 Å². The highest BCUT2D eigenvalue weighted by atomic mass is 32.2. The van der Waals surface area contributed by atoms with Gasteiger partial charge >= 0.3 is 6.18 Å². The van der Waals surface area contributed by atoms with E-state index in [1.54, 1.807) is 6.07 Å². The van der Waals surface area contributed by atoms with Crippen molar-refractivity contribution in [2.45, 2.75) is 57.5 Å². The molecule has 1 rings (SSSR count). The molecule has 0 heterocycles. The van der Waals surface area contributed by atoms with E-state index in [0.29, 0.717) is 17.3 Å². The van der Waals surface area contributed by atoms with Crippen molar-refractivity contribution in [3.8, 4) is 5.75 Å². The van der Waals surface area contributed by atoms with Gasteiger partial charge in [-0.1, -0.05) is 32.3 Å². The zero-order valence-corrected chi connectivity index (χ0v) is 13.7. The van der Waals surface area contributed by atoms with Crippen molar-refractivity contribution in [2.75, 3.05) is 12.4 Å². The summed E-state index contributed by atoms with van der Waals surface area (Å²) >= 11 is 0.819. The van der Waals surface area contributed by atoms with Gasteiger partial charge in [-0.3, -0.25) is 0 Å². The Morgan fingerprint density at radius 3 is 2.38 bits per heavy atom. The van der Waals surface area contributed by atoms with Crippen LogP contribution in [0.25, 0.3) is 0 Å². The number of unbranched alkanes of at least 4 members (excludes halogenated alkanes) is 3. The number of aryl methyl sites for hydroxylation is 2. The molecule has 0 fully saturated rings. The van der Waals surface area contributed by atoms with Crippen molar-refractivity contribution in [1.29, 1.82) is 0 Å². The molecule has 0 aliphatic heterocycles. The number of alkyl halides is 3. The number of hydrogen-bond acceptors (Lipinski definition) is 2. The van der Waals surface area contributed by atoms with Gasteiger partial charge in [0.1, 0.15) is 5.75 Å². The van der Waals surface area contributed by atoms with Crippen LogP contribution in [0.15, 0.2) is 17.0 Å². The molecular formula is C16H23F3OS. The minimum atomic E-state index is -4.15. The van der Waals surface area contributed by atoms with Crippen LogP contribution in [0, 0.1) is 13.8 Å². The Hall–Kier alpha value is -0.840. The van der Waals surface area contributed by atoms with E-state index in [2.05, 4.69) is 6.92 Å². The highest BCUT2D eigenvalue weighted by molar-refractivity contribution is 7.99. The summed E-state index contributed by atoms with van der Waals surface area (Å²) < 4.78 is 42.7. The molecular weight excluding hydrogens is 297 g/mol. The predicted molar refractivity (Wildman–Crippen MR) is 82.3 cm³/mol. The van der Waals surface area contributed by atoms with Gasteiger partial charge < -0.3 is 4.74 Å². The SMILES string of the molecule is CCCCCCOc1cc(SCC(F)(F)F)c(C)cc1C. The summed E-state index contributed by atoms with van der Waals surface area (Å²) in [5.74, 6) is -0.172. The number of ether oxygens (including phenoxy) is 1. The van der Waals surface area contributed by atoms with Crippen LogP contribution >= 0.6 is 11.8 Å². The quantitative estimate of drug-likeness (QED) is 0.434. The van der Waals surface area contributed by atoms with E-state index in [4.69, 9.17) is 4.74 Å². The third kappa shape index (κ3) is 7.11. The highest BCUT2D eigenvalue weighted by Gasteiger charge is 2.27. The van der Waals surface area contributed by atoms with Gasteiger partial charge in [0, 0.05) is 4.90 Å². The van der Waals surface area contributed by atoms with E-state index >= 15 is 0 Å². The second-order valence-corrected chi connectivity index (χ2v) is 6.21. The second kappa shape index (κ2) is 8.57. The monoisotopic (exact) mass is 320 g/mol. The van der Waals surface area contributed by atoms with Gasteiger partial charge in [0.2, 0.25) is 0 Å². The maximum absolute atomic E-state index is 12.3. The smallest absolute Gasteiger partial charge is 0.398 e. The zero-order valence-electron chi connectivity index (χ0n) is 12.8. The van der Waals surface area contributed by atoms with Crippen LogP contribution in [0.2, 0.25) is 0 Å². The van der Waals surface area contributed by atoms with Crippen LogP contribution in [-0.4, -0.2) is 18.5 Å². The van der Waals surface area contributed by atoms with Crippen LogP contribution in [0.1, 0.15) is 43.7 Å². The van der Waals surface area contributed by atoms with Gasteiger partial charge in [-0.2, -0.15) is 13.2 Å². The standard InChI is InChI=1S/C16H23F3OS/c1-4-5-6-7-8-20-14-10-15(13(3)9-12(14)2)21-11-16(17,18)19/h9-10H,4-8,11H2,1-3H3. The summed E-state index contributed by atoms with van der Waals surface area (Å²) in [6, 6.07) is 3.63. The summed E-state index contributed by atoms with van der Waals surface area (Å²) in [4.78, 5) is 0.640. The van der Waals surface area contributed by atoms with Crippen molar-refractivity contribution in [2.24, 2.45) is 0 Å². The molecule has 0 N–H and O–H groups in total. The lowest BCUT2D eigenvalue weighted by molar-refractivity contribution is -0.105. The number of halogens is 3. The third-order valence-electron chi connectivity index (χ3n) is 3.12. The molecule has 0 saturated heterocycles. The molecule has 0 aromatic heterocycles. The van der Waals surface area contributed by atoms with Gasteiger partial charge in [0.05, 0.1) is 12.4 Å². The fourth-order valence-corrected chi connectivity index (χ4v) is 2.79. The van der Waals surface area contributed by atoms with E-state index < -0.39 is 11.9 Å². The van der Waals surface area contributed by atoms with Crippen LogP contribution in [0.4, 0.5) is 13.2 Å². The first-order valence-electron chi connectivity index (χ1n) is 7.27. The lowest BCUT2D eigenvalue weighted by Crippen LogP contribution is -2.10. The molecule has 0 spiro atoms. The Morgan fingerprint density at radius 1 is 1.05 bits per heavy atom. The minimum Gasteiger partial charge on any atom is -0.493 e. The minimum absolute atomic E-state index is 0.618. The van der Waals surface area contributed by atoms with Gasteiger partial charge in [0.15, 0.2) is 0 Å². The molecule has 0 amide bonds. The maximum atomic E-state index is 12.3. The fraction of sp³-hybridized carbons (Fsp3) is 0.625. The normalized spacial score (nSPS) is 11.7. The van der Waals surface area contributed by atoms with Crippen LogP contribution in [0.5, 0.6) is 5.75 Å². The number of rotatable bonds is 8. The summed E-state index contributed by atoms with van der Waals surface area (Å²) in [6.07, 6.45) is 0.303. The fourth-order valence-electron chi connectivity index (χ4n) is 2.00. The van der Waals surface area contributed by atoms with Crippen LogP contribution < -0.4 is 4.74 Å². The number of benzene rings is 1. The Bertz CT molecular complexity index is 444. The largest absolute Gasteiger partial charge is 0.493 e. The molecule has 0 bridgehead atoms. The molecule has 0 radical (unpaired) electrons. The first kappa shape index (κ1) is 18.2. The predicted octanol–water partition coefficient (Wildman–Crippen LogP) is 5.92. The number of hydrogen-bond donors (Lipinski definition) is 0. The van der Waals surface area contributed by atoms with Crippen molar-refractivity contribution in [3.63, 3.8) is 0 Å². The van der Waals surface area contributed by atoms with Crippen LogP contribution in [-0.2, 0) is 0 Å². The average Bonchev–Trinajstić information content (AvgIpc) is 2.38. The van der Waals surface area contributed by atoms with E-state index in [9.17, 15) is 13.2 Å². The van der Waals surface area contributed by atoms with Gasteiger partial charge in [-0.05, 0) is 37.5 Å². The van der Waals surface area contributed by atoms with E-state index in [1.165, 1.54) is 12.8 Å². The van der Waals surface area contributed by atoms with E-state index in [0.717, 1.165) is 35.7 Å². The molecule has 0 aliphatic carbocycles. The number of thioether (sulfide) groups is 1. The topological polar surface area (TPSA) is 9.23 Å². The summed E-state index contributed by atoms with van der Waals surface area (Å²) in [5.41, 5.74) is 1.83. The average molecular weight is 320 g/mol. The van der Waals surface area contributed by atoms with Crippen molar-refractivity contribution < 1.29 is 17.9 Å². The Morgan fingerprint density at radius 2 is 1.76 bits per heavy atom. The second-order valence-electron chi connectivity index (χ2n) is 5.20. The molecule has 0 unspecified atom stereocenters. The molecule has 1 aromatic rings. The lowest BCUT2D eigenvalue weighted by Gasteiger charge is -2.14. The zero-order chi connectivity index (χ0) is 15.9. The first-order chi connectivity index (χ1) is 9.83. The third-order valence-corrected chi connectivity index (χ3v) is 4.34. The van der Waals surface area contributed by atoms with E-state index in [-0.39, 0.29) is 0 Å². The molecule has 0 aliphatic rings. The Kier molecular flexibility index (Phi) is 7.43. The molecule has 0 atom stereocenters. The van der Waals surface area contributed by atoms with Crippen molar-refractivity contribution >= 4 is 11.8 Å². The molecule has 21 heavy (non-hydrogen) atoms. The van der Waals surface area contributed by atoms with Gasteiger partial charge in [-0.25, -0.2) is 0 Å². The molecule has 0 saturated carbocycles. The molecule has 5 heteroatoms. The van der Waals surface area contributed by atoms with Crippen LogP contribution in [0.3, 0.4) is 0 Å². The summed E-state index contributed by atoms with van der Waals surface area (Å²) in [5, 5.41) is 0.